The van der Waals surface area contributed by atoms with Crippen molar-refractivity contribution >= 4 is 11.6 Å². The topological polar surface area (TPSA) is 63.6 Å². The van der Waals surface area contributed by atoms with Crippen molar-refractivity contribution in [3.8, 4) is 0 Å². The zero-order valence-corrected chi connectivity index (χ0v) is 9.84. The molecule has 1 aliphatic rings. The largest absolute Gasteiger partial charge is 0.504 e. The SMILES string of the molecule is COC1=CC(=O)C(O)=C(Cc2ccccc2)C1=O. The number of ketones is 2. The first-order valence-corrected chi connectivity index (χ1v) is 5.44. The molecule has 0 unspecified atom stereocenters. The van der Waals surface area contributed by atoms with E-state index in [1.807, 2.05) is 30.3 Å². The van der Waals surface area contributed by atoms with Crippen LogP contribution in [-0.4, -0.2) is 23.8 Å². The van der Waals surface area contributed by atoms with Gasteiger partial charge in [-0.1, -0.05) is 30.3 Å². The fourth-order valence-corrected chi connectivity index (χ4v) is 1.77. The number of carbonyl (C=O) groups excluding carboxylic acids is 2. The summed E-state index contributed by atoms with van der Waals surface area (Å²) in [6.45, 7) is 0. The lowest BCUT2D eigenvalue weighted by atomic mass is 9.94. The number of ether oxygens (including phenoxy) is 1. The van der Waals surface area contributed by atoms with Crippen LogP contribution in [-0.2, 0) is 20.7 Å². The Labute approximate surface area is 104 Å². The van der Waals surface area contributed by atoms with Crippen molar-refractivity contribution in [1.82, 2.24) is 0 Å². The van der Waals surface area contributed by atoms with E-state index >= 15 is 0 Å². The van der Waals surface area contributed by atoms with Crippen LogP contribution in [0.2, 0.25) is 0 Å². The van der Waals surface area contributed by atoms with Crippen LogP contribution in [0.1, 0.15) is 5.56 Å². The van der Waals surface area contributed by atoms with Crippen LogP contribution in [0.15, 0.2) is 53.5 Å². The number of rotatable bonds is 3. The second-order valence-electron chi connectivity index (χ2n) is 3.90. The molecule has 0 fully saturated rings. The van der Waals surface area contributed by atoms with Crippen molar-refractivity contribution in [2.24, 2.45) is 0 Å². The second kappa shape index (κ2) is 4.87. The minimum atomic E-state index is -0.600. The number of aliphatic hydroxyl groups excluding tert-OH is 1. The van der Waals surface area contributed by atoms with E-state index in [2.05, 4.69) is 0 Å². The molecule has 92 valence electrons. The monoisotopic (exact) mass is 244 g/mol. The van der Waals surface area contributed by atoms with E-state index in [0.29, 0.717) is 0 Å². The molecule has 0 aliphatic heterocycles. The van der Waals surface area contributed by atoms with Gasteiger partial charge in [-0.05, 0) is 5.56 Å². The molecule has 1 N–H and O–H groups in total. The fourth-order valence-electron chi connectivity index (χ4n) is 1.77. The normalized spacial score (nSPS) is 15.7. The van der Waals surface area contributed by atoms with Gasteiger partial charge >= 0.3 is 0 Å². The second-order valence-corrected chi connectivity index (χ2v) is 3.90. The van der Waals surface area contributed by atoms with E-state index in [4.69, 9.17) is 4.74 Å². The summed E-state index contributed by atoms with van der Waals surface area (Å²) in [5.74, 6) is -1.58. The van der Waals surface area contributed by atoms with Gasteiger partial charge in [-0.3, -0.25) is 9.59 Å². The molecule has 0 saturated carbocycles. The van der Waals surface area contributed by atoms with Crippen LogP contribution in [0.4, 0.5) is 0 Å². The molecule has 4 nitrogen and oxygen atoms in total. The average molecular weight is 244 g/mol. The maximum absolute atomic E-state index is 12.0. The molecule has 0 radical (unpaired) electrons. The Balaban J connectivity index is 2.34. The minimum absolute atomic E-state index is 0.0382. The molecule has 1 aliphatic carbocycles. The number of benzene rings is 1. The van der Waals surface area contributed by atoms with Gasteiger partial charge < -0.3 is 9.84 Å². The zero-order chi connectivity index (χ0) is 13.1. The summed E-state index contributed by atoms with van der Waals surface area (Å²) in [7, 11) is 1.32. The molecule has 0 saturated heterocycles. The highest BCUT2D eigenvalue weighted by Crippen LogP contribution is 2.21. The van der Waals surface area contributed by atoms with Gasteiger partial charge in [-0.15, -0.1) is 0 Å². The molecule has 1 aromatic carbocycles. The first kappa shape index (κ1) is 12.1. The van der Waals surface area contributed by atoms with Crippen LogP contribution in [0, 0.1) is 0 Å². The lowest BCUT2D eigenvalue weighted by Gasteiger charge is -2.14. The van der Waals surface area contributed by atoms with Crippen LogP contribution in [0.5, 0.6) is 0 Å². The van der Waals surface area contributed by atoms with Gasteiger partial charge in [0.2, 0.25) is 11.6 Å². The molecule has 1 aromatic rings. The van der Waals surface area contributed by atoms with Gasteiger partial charge in [0, 0.05) is 12.5 Å². The molecule has 0 spiro atoms. The maximum Gasteiger partial charge on any atom is 0.227 e. The summed E-state index contributed by atoms with van der Waals surface area (Å²) in [4.78, 5) is 23.4. The first-order valence-electron chi connectivity index (χ1n) is 5.44. The number of hydrogen-bond acceptors (Lipinski definition) is 4. The van der Waals surface area contributed by atoms with Gasteiger partial charge in [-0.2, -0.15) is 0 Å². The standard InChI is InChI=1S/C14H12O4/c1-18-12-8-11(15)13(16)10(14(12)17)7-9-5-3-2-4-6-9/h2-6,8,16H,7H2,1H3. The molecular weight excluding hydrogens is 232 g/mol. The predicted molar refractivity (Wildman–Crippen MR) is 64.9 cm³/mol. The Morgan fingerprint density at radius 3 is 2.44 bits per heavy atom. The zero-order valence-electron chi connectivity index (χ0n) is 9.84. The molecule has 0 heterocycles. The predicted octanol–water partition coefficient (Wildman–Crippen LogP) is 1.72. The van der Waals surface area contributed by atoms with Crippen LogP contribution < -0.4 is 0 Å². The van der Waals surface area contributed by atoms with E-state index in [1.165, 1.54) is 7.11 Å². The molecule has 0 bridgehead atoms. The number of carbonyl (C=O) groups is 2. The van der Waals surface area contributed by atoms with Crippen LogP contribution in [0.3, 0.4) is 0 Å². The van der Waals surface area contributed by atoms with Crippen molar-refractivity contribution in [1.29, 1.82) is 0 Å². The van der Waals surface area contributed by atoms with Crippen molar-refractivity contribution in [3.63, 3.8) is 0 Å². The average Bonchev–Trinajstić information content (AvgIpc) is 2.40. The molecule has 4 heteroatoms. The summed E-state index contributed by atoms with van der Waals surface area (Å²) in [6.07, 6.45) is 1.21. The third kappa shape index (κ3) is 2.18. The number of Topliss-reactive ketones (excluding diaryl/α,β-unsaturated/α-hetero) is 1. The Hall–Kier alpha value is -2.36. The summed E-state index contributed by atoms with van der Waals surface area (Å²) < 4.78 is 4.84. The molecule has 0 atom stereocenters. The third-order valence-corrected chi connectivity index (χ3v) is 2.72. The third-order valence-electron chi connectivity index (χ3n) is 2.72. The maximum atomic E-state index is 12.0. The summed E-state index contributed by atoms with van der Waals surface area (Å²) >= 11 is 0. The summed E-state index contributed by atoms with van der Waals surface area (Å²) in [5.41, 5.74) is 0.920. The Morgan fingerprint density at radius 2 is 1.83 bits per heavy atom. The summed E-state index contributed by atoms with van der Waals surface area (Å²) in [6, 6.07) is 9.15. The van der Waals surface area contributed by atoms with Crippen LogP contribution >= 0.6 is 0 Å². The van der Waals surface area contributed by atoms with Crippen molar-refractivity contribution in [2.45, 2.75) is 6.42 Å². The number of aliphatic hydroxyl groups is 1. The highest BCUT2D eigenvalue weighted by molar-refractivity contribution is 6.21. The quantitative estimate of drug-likeness (QED) is 0.822. The molecule has 18 heavy (non-hydrogen) atoms. The van der Waals surface area contributed by atoms with Crippen molar-refractivity contribution in [3.05, 3.63) is 59.1 Å². The first-order chi connectivity index (χ1) is 8.63. The summed E-state index contributed by atoms with van der Waals surface area (Å²) in [5, 5.41) is 9.69. The molecular formula is C14H12O4. The Bertz CT molecular complexity index is 552. The molecule has 2 rings (SSSR count). The van der Waals surface area contributed by atoms with Gasteiger partial charge in [0.15, 0.2) is 11.5 Å². The van der Waals surface area contributed by atoms with E-state index < -0.39 is 17.3 Å². The van der Waals surface area contributed by atoms with E-state index in [1.54, 1.807) is 0 Å². The van der Waals surface area contributed by atoms with Gasteiger partial charge in [0.05, 0.1) is 12.7 Å². The van der Waals surface area contributed by atoms with E-state index in [-0.39, 0.29) is 17.8 Å². The van der Waals surface area contributed by atoms with Crippen LogP contribution in [0.25, 0.3) is 0 Å². The van der Waals surface area contributed by atoms with Gasteiger partial charge in [-0.25, -0.2) is 0 Å². The molecule has 0 aromatic heterocycles. The van der Waals surface area contributed by atoms with E-state index in [9.17, 15) is 14.7 Å². The van der Waals surface area contributed by atoms with Crippen molar-refractivity contribution < 1.29 is 19.4 Å². The van der Waals surface area contributed by atoms with Gasteiger partial charge in [0.1, 0.15) is 0 Å². The smallest absolute Gasteiger partial charge is 0.227 e. The minimum Gasteiger partial charge on any atom is -0.504 e. The van der Waals surface area contributed by atoms with Gasteiger partial charge in [0.25, 0.3) is 0 Å². The van der Waals surface area contributed by atoms with Crippen molar-refractivity contribution in [2.75, 3.05) is 7.11 Å². The highest BCUT2D eigenvalue weighted by atomic mass is 16.5. The Morgan fingerprint density at radius 1 is 1.17 bits per heavy atom. The van der Waals surface area contributed by atoms with E-state index in [0.717, 1.165) is 11.6 Å². The number of methoxy groups -OCH3 is 1. The number of hydrogen-bond donors (Lipinski definition) is 1. The Kier molecular flexibility index (Phi) is 3.28. The lowest BCUT2D eigenvalue weighted by Crippen LogP contribution is -2.21. The lowest BCUT2D eigenvalue weighted by molar-refractivity contribution is -0.119. The fraction of sp³-hybridized carbons (Fsp3) is 0.143. The molecule has 0 amide bonds. The number of allylic oxidation sites excluding steroid dienone is 2. The highest BCUT2D eigenvalue weighted by Gasteiger charge is 2.29.